The fourth-order valence-electron chi connectivity index (χ4n) is 2.26. The van der Waals surface area contributed by atoms with Gasteiger partial charge in [0.25, 0.3) is 0 Å². The molecule has 2 saturated carbocycles. The molecule has 0 radical (unpaired) electrons. The molecule has 0 bridgehead atoms. The smallest absolute Gasteiger partial charge is 0 e. The van der Waals surface area contributed by atoms with Crippen molar-refractivity contribution < 1.29 is 19.5 Å². The van der Waals surface area contributed by atoms with E-state index in [0.717, 1.165) is 11.8 Å². The second-order valence-electron chi connectivity index (χ2n) is 4.78. The molecular formula is C12H24Ru. The normalized spacial score (nSPS) is 23.5. The minimum Gasteiger partial charge on any atom is -0.0625 e. The summed E-state index contributed by atoms with van der Waals surface area (Å²) in [4.78, 5) is 0. The molecule has 0 nitrogen and oxygen atoms in total. The number of rotatable bonds is 0. The third-order valence-electron chi connectivity index (χ3n) is 3.29. The van der Waals surface area contributed by atoms with Crippen LogP contribution in [0.3, 0.4) is 0 Å². The van der Waals surface area contributed by atoms with Crippen molar-refractivity contribution in [2.75, 3.05) is 0 Å². The van der Waals surface area contributed by atoms with Gasteiger partial charge in [-0.1, -0.05) is 65.2 Å². The van der Waals surface area contributed by atoms with Crippen molar-refractivity contribution in [2.24, 2.45) is 11.8 Å². The van der Waals surface area contributed by atoms with E-state index in [1.165, 1.54) is 51.4 Å². The van der Waals surface area contributed by atoms with Crippen molar-refractivity contribution in [2.45, 2.75) is 65.2 Å². The molecule has 0 aromatic rings. The Kier molecular flexibility index (Phi) is 8.36. The van der Waals surface area contributed by atoms with Crippen LogP contribution >= 0.6 is 0 Å². The van der Waals surface area contributed by atoms with Gasteiger partial charge in [-0.25, -0.2) is 0 Å². The maximum absolute atomic E-state index is 2.34. The van der Waals surface area contributed by atoms with Gasteiger partial charge in [0.1, 0.15) is 0 Å². The minimum absolute atomic E-state index is 0. The summed E-state index contributed by atoms with van der Waals surface area (Å²) in [5.41, 5.74) is 0. The van der Waals surface area contributed by atoms with E-state index in [0.29, 0.717) is 0 Å². The SMILES string of the molecule is CC1CCCC1.CC1CCCC1.[Ru]. The molecule has 0 atom stereocenters. The van der Waals surface area contributed by atoms with Crippen molar-refractivity contribution in [3.05, 3.63) is 0 Å². The van der Waals surface area contributed by atoms with Gasteiger partial charge in [0.05, 0.1) is 0 Å². The molecule has 0 heterocycles. The zero-order valence-corrected chi connectivity index (χ0v) is 10.9. The zero-order chi connectivity index (χ0) is 8.81. The molecule has 0 unspecified atom stereocenters. The van der Waals surface area contributed by atoms with E-state index in [4.69, 9.17) is 0 Å². The molecule has 0 amide bonds. The van der Waals surface area contributed by atoms with Crippen LogP contribution in [0, 0.1) is 11.8 Å². The van der Waals surface area contributed by atoms with Gasteiger partial charge in [0.15, 0.2) is 0 Å². The molecule has 0 N–H and O–H groups in total. The first-order chi connectivity index (χ1) is 5.79. The van der Waals surface area contributed by atoms with Gasteiger partial charge in [-0.3, -0.25) is 0 Å². The summed E-state index contributed by atoms with van der Waals surface area (Å²) in [7, 11) is 0. The van der Waals surface area contributed by atoms with Crippen LogP contribution in [0.1, 0.15) is 65.2 Å². The van der Waals surface area contributed by atoms with Crippen molar-refractivity contribution in [1.82, 2.24) is 0 Å². The number of hydrogen-bond donors (Lipinski definition) is 0. The van der Waals surface area contributed by atoms with Crippen LogP contribution in [-0.4, -0.2) is 0 Å². The Morgan fingerprint density at radius 3 is 0.923 bits per heavy atom. The van der Waals surface area contributed by atoms with Gasteiger partial charge in [-0.15, -0.1) is 0 Å². The summed E-state index contributed by atoms with van der Waals surface area (Å²) in [6.45, 7) is 4.68. The maximum Gasteiger partial charge on any atom is 0 e. The molecular weight excluding hydrogens is 245 g/mol. The Labute approximate surface area is 96.6 Å². The van der Waals surface area contributed by atoms with Crippen molar-refractivity contribution >= 4 is 0 Å². The van der Waals surface area contributed by atoms with Crippen LogP contribution in [0.15, 0.2) is 0 Å². The average molecular weight is 269 g/mol. The third kappa shape index (κ3) is 6.66. The monoisotopic (exact) mass is 270 g/mol. The summed E-state index contributed by atoms with van der Waals surface area (Å²) >= 11 is 0. The molecule has 0 spiro atoms. The van der Waals surface area contributed by atoms with Gasteiger partial charge in [-0.2, -0.15) is 0 Å². The second-order valence-corrected chi connectivity index (χ2v) is 4.78. The quantitative estimate of drug-likeness (QED) is 0.572. The molecule has 0 saturated heterocycles. The molecule has 80 valence electrons. The number of hydrogen-bond acceptors (Lipinski definition) is 0. The van der Waals surface area contributed by atoms with E-state index in [2.05, 4.69) is 13.8 Å². The van der Waals surface area contributed by atoms with Crippen LogP contribution in [0.4, 0.5) is 0 Å². The Morgan fingerprint density at radius 2 is 0.846 bits per heavy atom. The largest absolute Gasteiger partial charge is 0.0625 e. The molecule has 2 aliphatic carbocycles. The molecule has 0 aromatic carbocycles. The Morgan fingerprint density at radius 1 is 0.615 bits per heavy atom. The Bertz CT molecular complexity index is 85.7. The summed E-state index contributed by atoms with van der Waals surface area (Å²) in [5, 5.41) is 0. The first-order valence-corrected chi connectivity index (χ1v) is 5.79. The fraction of sp³-hybridized carbons (Fsp3) is 1.00. The molecule has 13 heavy (non-hydrogen) atoms. The standard InChI is InChI=1S/2C6H12.Ru/c2*1-6-4-2-3-5-6;/h2*6H,2-5H2,1H3;. The minimum atomic E-state index is 0. The van der Waals surface area contributed by atoms with Crippen molar-refractivity contribution in [3.63, 3.8) is 0 Å². The fourth-order valence-corrected chi connectivity index (χ4v) is 2.26. The predicted octanol–water partition coefficient (Wildman–Crippen LogP) is 4.39. The van der Waals surface area contributed by atoms with Gasteiger partial charge < -0.3 is 0 Å². The van der Waals surface area contributed by atoms with Crippen molar-refractivity contribution in [3.8, 4) is 0 Å². The Balaban J connectivity index is 0.000000206. The molecule has 1 heteroatoms. The van der Waals surface area contributed by atoms with E-state index < -0.39 is 0 Å². The summed E-state index contributed by atoms with van der Waals surface area (Å²) < 4.78 is 0. The van der Waals surface area contributed by atoms with Gasteiger partial charge >= 0.3 is 0 Å². The topological polar surface area (TPSA) is 0 Å². The van der Waals surface area contributed by atoms with Crippen LogP contribution in [0.2, 0.25) is 0 Å². The van der Waals surface area contributed by atoms with E-state index in [1.807, 2.05) is 0 Å². The molecule has 2 rings (SSSR count). The van der Waals surface area contributed by atoms with Crippen LogP contribution in [0.5, 0.6) is 0 Å². The summed E-state index contributed by atoms with van der Waals surface area (Å²) in [6, 6.07) is 0. The van der Waals surface area contributed by atoms with Gasteiger partial charge in [0, 0.05) is 19.5 Å². The van der Waals surface area contributed by atoms with Crippen LogP contribution < -0.4 is 0 Å². The van der Waals surface area contributed by atoms with Crippen LogP contribution in [0.25, 0.3) is 0 Å². The second kappa shape index (κ2) is 7.98. The first-order valence-electron chi connectivity index (χ1n) is 5.79. The van der Waals surface area contributed by atoms with Crippen LogP contribution in [-0.2, 0) is 19.5 Å². The van der Waals surface area contributed by atoms with E-state index in [-0.39, 0.29) is 19.5 Å². The maximum atomic E-state index is 2.34. The molecule has 2 aliphatic rings. The van der Waals surface area contributed by atoms with E-state index in [9.17, 15) is 0 Å². The average Bonchev–Trinajstić information content (AvgIpc) is 2.63. The predicted molar refractivity (Wildman–Crippen MR) is 55.3 cm³/mol. The van der Waals surface area contributed by atoms with E-state index >= 15 is 0 Å². The zero-order valence-electron chi connectivity index (χ0n) is 9.17. The summed E-state index contributed by atoms with van der Waals surface area (Å²) in [5.74, 6) is 2.09. The summed E-state index contributed by atoms with van der Waals surface area (Å²) in [6.07, 6.45) is 11.9. The van der Waals surface area contributed by atoms with Crippen molar-refractivity contribution in [1.29, 1.82) is 0 Å². The molecule has 2 fully saturated rings. The van der Waals surface area contributed by atoms with E-state index in [1.54, 1.807) is 0 Å². The Hall–Kier alpha value is 0.623. The van der Waals surface area contributed by atoms with Gasteiger partial charge in [-0.05, 0) is 11.8 Å². The first kappa shape index (κ1) is 13.6. The van der Waals surface area contributed by atoms with Gasteiger partial charge in [0.2, 0.25) is 0 Å². The molecule has 0 aromatic heterocycles. The third-order valence-corrected chi connectivity index (χ3v) is 3.29. The molecule has 0 aliphatic heterocycles.